The second-order valence-corrected chi connectivity index (χ2v) is 4.23. The minimum Gasteiger partial charge on any atom is -0.496 e. The molecule has 0 aliphatic heterocycles. The number of ketones is 1. The lowest BCUT2D eigenvalue weighted by Gasteiger charge is -2.20. The zero-order valence-electron chi connectivity index (χ0n) is 9.88. The van der Waals surface area contributed by atoms with Gasteiger partial charge in [0.05, 0.1) is 19.2 Å². The Morgan fingerprint density at radius 2 is 2.06 bits per heavy atom. The van der Waals surface area contributed by atoms with Crippen LogP contribution in [0.4, 0.5) is 4.39 Å². The van der Waals surface area contributed by atoms with Crippen molar-refractivity contribution in [3.63, 3.8) is 0 Å². The second kappa shape index (κ2) is 4.84. The predicted octanol–water partition coefficient (Wildman–Crippen LogP) is 1.85. The maximum absolute atomic E-state index is 14.2. The maximum atomic E-state index is 14.2. The molecule has 1 aliphatic carbocycles. The molecule has 92 valence electrons. The molecule has 0 bridgehead atoms. The summed E-state index contributed by atoms with van der Waals surface area (Å²) >= 11 is 0. The summed E-state index contributed by atoms with van der Waals surface area (Å²) in [5.41, 5.74) is 6.88. The van der Waals surface area contributed by atoms with Crippen LogP contribution in [0.15, 0.2) is 6.07 Å². The SMILES string of the molecule is COc1cc(C(=O)CN)c(F)c2c1CCCC2. The summed E-state index contributed by atoms with van der Waals surface area (Å²) in [6, 6.07) is 1.48. The minimum absolute atomic E-state index is 0.0602. The summed E-state index contributed by atoms with van der Waals surface area (Å²) in [5, 5.41) is 0. The molecule has 1 aromatic carbocycles. The zero-order chi connectivity index (χ0) is 12.4. The van der Waals surface area contributed by atoms with Crippen LogP contribution < -0.4 is 10.5 Å². The van der Waals surface area contributed by atoms with Crippen molar-refractivity contribution in [3.8, 4) is 5.75 Å². The molecule has 3 nitrogen and oxygen atoms in total. The first-order valence-electron chi connectivity index (χ1n) is 5.80. The Morgan fingerprint density at radius 1 is 1.41 bits per heavy atom. The van der Waals surface area contributed by atoms with Gasteiger partial charge in [-0.25, -0.2) is 4.39 Å². The summed E-state index contributed by atoms with van der Waals surface area (Å²) < 4.78 is 19.4. The highest BCUT2D eigenvalue weighted by atomic mass is 19.1. The van der Waals surface area contributed by atoms with E-state index in [4.69, 9.17) is 10.5 Å². The van der Waals surface area contributed by atoms with Crippen LogP contribution in [-0.2, 0) is 12.8 Å². The van der Waals surface area contributed by atoms with Crippen molar-refractivity contribution in [2.45, 2.75) is 25.7 Å². The number of halogens is 1. The molecule has 0 unspecified atom stereocenters. The van der Waals surface area contributed by atoms with E-state index in [-0.39, 0.29) is 17.9 Å². The van der Waals surface area contributed by atoms with E-state index in [9.17, 15) is 9.18 Å². The van der Waals surface area contributed by atoms with Crippen molar-refractivity contribution in [1.29, 1.82) is 0 Å². The van der Waals surface area contributed by atoms with Gasteiger partial charge in [-0.15, -0.1) is 0 Å². The third kappa shape index (κ3) is 2.05. The van der Waals surface area contributed by atoms with Crippen molar-refractivity contribution in [2.24, 2.45) is 5.73 Å². The summed E-state index contributed by atoms with van der Waals surface area (Å²) in [6.45, 7) is -0.182. The smallest absolute Gasteiger partial charge is 0.179 e. The first-order valence-corrected chi connectivity index (χ1v) is 5.80. The van der Waals surface area contributed by atoms with Crippen molar-refractivity contribution in [1.82, 2.24) is 0 Å². The van der Waals surface area contributed by atoms with Crippen LogP contribution in [0.1, 0.15) is 34.3 Å². The summed E-state index contributed by atoms with van der Waals surface area (Å²) in [4.78, 5) is 11.6. The van der Waals surface area contributed by atoms with Crippen LogP contribution in [0.3, 0.4) is 0 Å². The number of benzene rings is 1. The van der Waals surface area contributed by atoms with Gasteiger partial charge in [-0.05, 0) is 37.3 Å². The number of carbonyl (C=O) groups is 1. The fraction of sp³-hybridized carbons (Fsp3) is 0.462. The quantitative estimate of drug-likeness (QED) is 0.816. The van der Waals surface area contributed by atoms with Crippen LogP contribution >= 0.6 is 0 Å². The molecule has 4 heteroatoms. The lowest BCUT2D eigenvalue weighted by molar-refractivity contribution is 0.0997. The molecule has 0 saturated carbocycles. The molecule has 0 aromatic heterocycles. The molecule has 17 heavy (non-hydrogen) atoms. The fourth-order valence-corrected chi connectivity index (χ4v) is 2.36. The topological polar surface area (TPSA) is 52.3 Å². The molecule has 0 spiro atoms. The average Bonchev–Trinajstić information content (AvgIpc) is 2.39. The van der Waals surface area contributed by atoms with E-state index in [0.29, 0.717) is 17.7 Å². The van der Waals surface area contributed by atoms with Crippen molar-refractivity contribution in [2.75, 3.05) is 13.7 Å². The Kier molecular flexibility index (Phi) is 3.43. The Balaban J connectivity index is 2.60. The highest BCUT2D eigenvalue weighted by Crippen LogP contribution is 2.33. The van der Waals surface area contributed by atoms with Gasteiger partial charge >= 0.3 is 0 Å². The van der Waals surface area contributed by atoms with Crippen molar-refractivity contribution in [3.05, 3.63) is 28.6 Å². The molecular weight excluding hydrogens is 221 g/mol. The van der Waals surface area contributed by atoms with Crippen LogP contribution in [0, 0.1) is 5.82 Å². The number of rotatable bonds is 3. The standard InChI is InChI=1S/C13H16FNO2/c1-17-12-6-10(11(16)7-15)13(14)9-5-3-2-4-8(9)12/h6H,2-5,7,15H2,1H3. The molecule has 0 atom stereocenters. The van der Waals surface area contributed by atoms with Crippen LogP contribution in [-0.4, -0.2) is 19.4 Å². The third-order valence-electron chi connectivity index (χ3n) is 3.25. The Labute approximate surface area is 99.8 Å². The zero-order valence-corrected chi connectivity index (χ0v) is 9.88. The van der Waals surface area contributed by atoms with Gasteiger partial charge in [-0.1, -0.05) is 0 Å². The van der Waals surface area contributed by atoms with Gasteiger partial charge in [0.2, 0.25) is 0 Å². The first kappa shape index (κ1) is 12.0. The fourth-order valence-electron chi connectivity index (χ4n) is 2.36. The van der Waals surface area contributed by atoms with E-state index < -0.39 is 5.82 Å². The van der Waals surface area contributed by atoms with Crippen LogP contribution in [0.5, 0.6) is 5.75 Å². The van der Waals surface area contributed by atoms with Crippen molar-refractivity contribution >= 4 is 5.78 Å². The minimum atomic E-state index is -0.407. The average molecular weight is 237 g/mol. The van der Waals surface area contributed by atoms with Gasteiger partial charge in [-0.2, -0.15) is 0 Å². The van der Waals surface area contributed by atoms with Crippen molar-refractivity contribution < 1.29 is 13.9 Å². The largest absolute Gasteiger partial charge is 0.496 e. The van der Waals surface area contributed by atoms with Gasteiger partial charge < -0.3 is 10.5 Å². The summed E-state index contributed by atoms with van der Waals surface area (Å²) in [7, 11) is 1.54. The van der Waals surface area contributed by atoms with Gasteiger partial charge in [0, 0.05) is 5.56 Å². The van der Waals surface area contributed by atoms with E-state index in [1.807, 2.05) is 0 Å². The van der Waals surface area contributed by atoms with E-state index in [1.54, 1.807) is 7.11 Å². The number of ether oxygens (including phenoxy) is 1. The number of Topliss-reactive ketones (excluding diaryl/α,β-unsaturated/α-hetero) is 1. The number of fused-ring (bicyclic) bond motifs is 1. The molecule has 2 rings (SSSR count). The van der Waals surface area contributed by atoms with Crippen LogP contribution in [0.2, 0.25) is 0 Å². The highest BCUT2D eigenvalue weighted by Gasteiger charge is 2.23. The normalized spacial score (nSPS) is 14.3. The Bertz CT molecular complexity index is 457. The number of hydrogen-bond donors (Lipinski definition) is 1. The molecule has 0 heterocycles. The van der Waals surface area contributed by atoms with E-state index >= 15 is 0 Å². The molecule has 1 aliphatic rings. The maximum Gasteiger partial charge on any atom is 0.179 e. The van der Waals surface area contributed by atoms with Crippen LogP contribution in [0.25, 0.3) is 0 Å². The van der Waals surface area contributed by atoms with E-state index in [2.05, 4.69) is 0 Å². The molecule has 0 fully saturated rings. The molecule has 0 amide bonds. The third-order valence-corrected chi connectivity index (χ3v) is 3.25. The van der Waals surface area contributed by atoms with Gasteiger partial charge in [0.1, 0.15) is 11.6 Å². The second-order valence-electron chi connectivity index (χ2n) is 4.23. The van der Waals surface area contributed by atoms with E-state index in [0.717, 1.165) is 24.8 Å². The number of hydrogen-bond acceptors (Lipinski definition) is 3. The number of carbonyl (C=O) groups excluding carboxylic acids is 1. The van der Waals surface area contributed by atoms with Gasteiger partial charge in [-0.3, -0.25) is 4.79 Å². The monoisotopic (exact) mass is 237 g/mol. The Hall–Kier alpha value is -1.42. The summed E-state index contributed by atoms with van der Waals surface area (Å²) in [6.07, 6.45) is 3.47. The lowest BCUT2D eigenvalue weighted by Crippen LogP contribution is -2.18. The molecule has 1 aromatic rings. The predicted molar refractivity (Wildman–Crippen MR) is 63.0 cm³/mol. The molecule has 2 N–H and O–H groups in total. The molecule has 0 radical (unpaired) electrons. The summed E-state index contributed by atoms with van der Waals surface area (Å²) in [5.74, 6) is -0.178. The molecular formula is C13H16FNO2. The number of methoxy groups -OCH3 is 1. The van der Waals surface area contributed by atoms with Gasteiger partial charge in [0.15, 0.2) is 5.78 Å². The van der Waals surface area contributed by atoms with E-state index in [1.165, 1.54) is 6.07 Å². The lowest BCUT2D eigenvalue weighted by atomic mass is 9.88. The van der Waals surface area contributed by atoms with Gasteiger partial charge in [0.25, 0.3) is 0 Å². The molecule has 0 saturated heterocycles. The highest BCUT2D eigenvalue weighted by molar-refractivity contribution is 5.98. The first-order chi connectivity index (χ1) is 8.19. The number of nitrogens with two attached hydrogens (primary N) is 1. The Morgan fingerprint density at radius 3 is 2.65 bits per heavy atom.